The third-order valence-electron chi connectivity index (χ3n) is 6.19. The Morgan fingerprint density at radius 1 is 1.03 bits per heavy atom. The number of aryl methyl sites for hydroxylation is 1. The zero-order valence-electron chi connectivity index (χ0n) is 20.6. The number of carbonyl (C=O) groups excluding carboxylic acids is 1. The Morgan fingerprint density at radius 2 is 1.77 bits per heavy atom. The number of hydrogen-bond donors (Lipinski definition) is 1. The smallest absolute Gasteiger partial charge is 0.314 e. The number of para-hydroxylation sites is 1. The molecular formula is C29H32N4O2. The van der Waals surface area contributed by atoms with Gasteiger partial charge in [-0.1, -0.05) is 61.5 Å². The predicted octanol–water partition coefficient (Wildman–Crippen LogP) is 5.95. The fraction of sp³-hybridized carbons (Fsp3) is 0.276. The largest absolute Gasteiger partial charge is 0.322 e. The Bertz CT molecular complexity index is 1360. The summed E-state index contributed by atoms with van der Waals surface area (Å²) in [5.74, 6) is 0.600. The Morgan fingerprint density at radius 3 is 2.51 bits per heavy atom. The number of benzene rings is 3. The predicted molar refractivity (Wildman–Crippen MR) is 142 cm³/mol. The third kappa shape index (κ3) is 5.60. The molecule has 1 aromatic heterocycles. The summed E-state index contributed by atoms with van der Waals surface area (Å²) in [7, 11) is 0. The number of hydrogen-bond acceptors (Lipinski definition) is 3. The minimum absolute atomic E-state index is 0.0681. The molecule has 6 nitrogen and oxygen atoms in total. The number of carbonyl (C=O) groups is 1. The molecule has 1 atom stereocenters. The third-order valence-corrected chi connectivity index (χ3v) is 6.19. The average molecular weight is 469 g/mol. The van der Waals surface area contributed by atoms with Gasteiger partial charge in [0.1, 0.15) is 5.82 Å². The van der Waals surface area contributed by atoms with Gasteiger partial charge in [0.2, 0.25) is 0 Å². The topological polar surface area (TPSA) is 67.2 Å². The van der Waals surface area contributed by atoms with Crippen molar-refractivity contribution >= 4 is 22.6 Å². The number of aromatic nitrogens is 2. The molecule has 0 bridgehead atoms. The van der Waals surface area contributed by atoms with E-state index in [4.69, 9.17) is 4.98 Å². The van der Waals surface area contributed by atoms with Crippen LogP contribution < -0.4 is 10.9 Å². The molecule has 4 aromatic rings. The first-order valence-electron chi connectivity index (χ1n) is 12.2. The Kier molecular flexibility index (Phi) is 7.60. The van der Waals surface area contributed by atoms with Crippen LogP contribution in [0.4, 0.5) is 10.5 Å². The fourth-order valence-electron chi connectivity index (χ4n) is 4.37. The normalized spacial score (nSPS) is 11.9. The van der Waals surface area contributed by atoms with Crippen LogP contribution in [0.3, 0.4) is 0 Å². The van der Waals surface area contributed by atoms with Crippen molar-refractivity contribution in [2.45, 2.75) is 46.2 Å². The maximum absolute atomic E-state index is 13.6. The van der Waals surface area contributed by atoms with Crippen LogP contribution in [0.25, 0.3) is 10.9 Å². The van der Waals surface area contributed by atoms with Crippen LogP contribution in [-0.2, 0) is 13.0 Å². The van der Waals surface area contributed by atoms with Crippen LogP contribution in [-0.4, -0.2) is 27.0 Å². The minimum Gasteiger partial charge on any atom is -0.314 e. The maximum Gasteiger partial charge on any atom is 0.322 e. The summed E-state index contributed by atoms with van der Waals surface area (Å²) < 4.78 is 1.72. The first-order valence-corrected chi connectivity index (χ1v) is 12.2. The lowest BCUT2D eigenvalue weighted by molar-refractivity contribution is 0.189. The van der Waals surface area contributed by atoms with E-state index in [1.807, 2.05) is 87.5 Å². The van der Waals surface area contributed by atoms with E-state index in [0.717, 1.165) is 23.2 Å². The van der Waals surface area contributed by atoms with E-state index in [0.29, 0.717) is 36.2 Å². The summed E-state index contributed by atoms with van der Waals surface area (Å²) in [6.45, 7) is 7.01. The van der Waals surface area contributed by atoms with Gasteiger partial charge in [-0.15, -0.1) is 0 Å². The molecule has 0 aliphatic rings. The lowest BCUT2D eigenvalue weighted by atomic mass is 10.1. The zero-order chi connectivity index (χ0) is 24.8. The van der Waals surface area contributed by atoms with Gasteiger partial charge in [-0.3, -0.25) is 9.36 Å². The molecule has 35 heavy (non-hydrogen) atoms. The molecule has 1 unspecified atom stereocenters. The molecule has 0 saturated carbocycles. The van der Waals surface area contributed by atoms with E-state index in [-0.39, 0.29) is 11.6 Å². The number of urea groups is 1. The van der Waals surface area contributed by atoms with Crippen molar-refractivity contribution in [3.8, 4) is 0 Å². The molecule has 1 N–H and O–H groups in total. The van der Waals surface area contributed by atoms with Crippen LogP contribution in [0.15, 0.2) is 83.7 Å². The number of fused-ring (bicyclic) bond motifs is 1. The summed E-state index contributed by atoms with van der Waals surface area (Å²) in [6, 6.07) is 24.6. The highest BCUT2D eigenvalue weighted by molar-refractivity contribution is 5.89. The maximum atomic E-state index is 13.6. The molecule has 0 fully saturated rings. The van der Waals surface area contributed by atoms with Gasteiger partial charge in [0, 0.05) is 18.8 Å². The van der Waals surface area contributed by atoms with Crippen molar-refractivity contribution in [2.75, 3.05) is 11.9 Å². The molecule has 0 radical (unpaired) electrons. The van der Waals surface area contributed by atoms with Crippen molar-refractivity contribution in [1.82, 2.24) is 14.5 Å². The lowest BCUT2D eigenvalue weighted by Gasteiger charge is -2.31. The van der Waals surface area contributed by atoms with Gasteiger partial charge < -0.3 is 10.2 Å². The molecule has 1 heterocycles. The second-order valence-electron chi connectivity index (χ2n) is 8.85. The lowest BCUT2D eigenvalue weighted by Crippen LogP contribution is -2.41. The van der Waals surface area contributed by atoms with Crippen molar-refractivity contribution in [3.05, 3.63) is 106 Å². The summed E-state index contributed by atoms with van der Waals surface area (Å²) in [5, 5.41) is 3.64. The highest BCUT2D eigenvalue weighted by Crippen LogP contribution is 2.23. The van der Waals surface area contributed by atoms with Gasteiger partial charge in [-0.2, -0.15) is 0 Å². The molecule has 4 rings (SSSR count). The van der Waals surface area contributed by atoms with E-state index >= 15 is 0 Å². The number of anilines is 1. The Labute approximate surface area is 206 Å². The monoisotopic (exact) mass is 468 g/mol. The molecular weight excluding hydrogens is 436 g/mol. The van der Waals surface area contributed by atoms with Gasteiger partial charge >= 0.3 is 6.03 Å². The zero-order valence-corrected chi connectivity index (χ0v) is 20.6. The van der Waals surface area contributed by atoms with E-state index in [1.54, 1.807) is 9.47 Å². The molecule has 6 heteroatoms. The highest BCUT2D eigenvalue weighted by Gasteiger charge is 2.26. The van der Waals surface area contributed by atoms with Gasteiger partial charge in [-0.25, -0.2) is 9.78 Å². The minimum atomic E-state index is -0.410. The molecule has 0 aliphatic carbocycles. The van der Waals surface area contributed by atoms with Crippen molar-refractivity contribution in [1.29, 1.82) is 0 Å². The first-order chi connectivity index (χ1) is 17.0. The molecule has 3 aromatic carbocycles. The van der Waals surface area contributed by atoms with Crippen molar-refractivity contribution < 1.29 is 4.79 Å². The van der Waals surface area contributed by atoms with Crippen LogP contribution in [0, 0.1) is 6.92 Å². The van der Waals surface area contributed by atoms with Crippen LogP contribution in [0.5, 0.6) is 0 Å². The van der Waals surface area contributed by atoms with Crippen LogP contribution in [0.1, 0.15) is 43.3 Å². The summed E-state index contributed by atoms with van der Waals surface area (Å²) in [6.07, 6.45) is 1.48. The van der Waals surface area contributed by atoms with Crippen molar-refractivity contribution in [2.24, 2.45) is 0 Å². The quantitative estimate of drug-likeness (QED) is 0.347. The van der Waals surface area contributed by atoms with Crippen molar-refractivity contribution in [3.63, 3.8) is 0 Å². The van der Waals surface area contributed by atoms with E-state index in [9.17, 15) is 9.59 Å². The highest BCUT2D eigenvalue weighted by atomic mass is 16.2. The number of amides is 2. The molecule has 0 saturated heterocycles. The standard InChI is InChI=1S/C29H32N4O2/c1-4-18-33-27(31-26-16-9-8-15-25(26)28(33)34)22(3)32(19-17-23-12-6-5-7-13-23)29(35)30-24-14-10-11-21(2)20-24/h5-16,20,22H,4,17-19H2,1-3H3,(H,30,35). The van der Waals surface area contributed by atoms with E-state index in [1.165, 1.54) is 0 Å². The van der Waals surface area contributed by atoms with Gasteiger partial charge in [0.15, 0.2) is 0 Å². The number of nitrogens with one attached hydrogen (secondary N) is 1. The molecule has 0 spiro atoms. The Hall–Kier alpha value is -3.93. The van der Waals surface area contributed by atoms with Gasteiger partial charge in [0.25, 0.3) is 5.56 Å². The molecule has 2 amide bonds. The van der Waals surface area contributed by atoms with Gasteiger partial charge in [0.05, 0.1) is 16.9 Å². The molecule has 0 aliphatic heterocycles. The summed E-state index contributed by atoms with van der Waals surface area (Å²) in [5.41, 5.74) is 3.53. The second kappa shape index (κ2) is 11.0. The summed E-state index contributed by atoms with van der Waals surface area (Å²) in [4.78, 5) is 33.6. The average Bonchev–Trinajstić information content (AvgIpc) is 2.86. The first kappa shape index (κ1) is 24.2. The van der Waals surface area contributed by atoms with Gasteiger partial charge in [-0.05, 0) is 62.1 Å². The molecule has 180 valence electrons. The fourth-order valence-corrected chi connectivity index (χ4v) is 4.37. The SMILES string of the molecule is CCCn1c(C(C)N(CCc2ccccc2)C(=O)Nc2cccc(C)c2)nc2ccccc2c1=O. The van der Waals surface area contributed by atoms with Crippen LogP contribution >= 0.6 is 0 Å². The Balaban J connectivity index is 1.72. The van der Waals surface area contributed by atoms with Crippen LogP contribution in [0.2, 0.25) is 0 Å². The number of rotatable bonds is 8. The summed E-state index contributed by atoms with van der Waals surface area (Å²) >= 11 is 0. The number of nitrogens with zero attached hydrogens (tertiary/aromatic N) is 3. The van der Waals surface area contributed by atoms with E-state index in [2.05, 4.69) is 17.4 Å². The second-order valence-corrected chi connectivity index (χ2v) is 8.85. The van der Waals surface area contributed by atoms with E-state index < -0.39 is 6.04 Å².